The third-order valence-corrected chi connectivity index (χ3v) is 12.7. The lowest BCUT2D eigenvalue weighted by atomic mass is 9.85. The first-order valence-corrected chi connectivity index (χ1v) is 20.2. The van der Waals surface area contributed by atoms with Crippen molar-refractivity contribution in [2.45, 2.75) is 88.9 Å². The van der Waals surface area contributed by atoms with E-state index < -0.39 is 17.6 Å². The maximum Gasteiger partial charge on any atom is 0.329 e. The molecule has 2 aliphatic heterocycles. The average Bonchev–Trinajstić information content (AvgIpc) is 3.91. The molecular weight excluding hydrogens is 719 g/mol. The monoisotopic (exact) mass is 767 g/mol. The molecule has 290 valence electrons. The van der Waals surface area contributed by atoms with Crippen LogP contribution in [0.25, 0.3) is 21.9 Å². The topological polar surface area (TPSA) is 160 Å². The standard InChI is InChI=1S/C40H49N9O5S/c1-40(2,54)28-21-29-25(20-30(28)42-37(52)38-41-16-19-55-38)23-48(44-29)27-10-8-24(9-11-27)22-45(3)26-14-17-47(18-15-26)31-6-5-7-32-35(31)46(4)39(53)49(32)33-12-13-34(50)43-36(33)51/h5-7,16,19-21,23-24,26-27,33,54H,8-15,17-18,22H2,1-4H3,(H,42,52)(H,43,50,51). The maximum absolute atomic E-state index is 13.5. The zero-order valence-corrected chi connectivity index (χ0v) is 32.6. The van der Waals surface area contributed by atoms with Gasteiger partial charge in [0.25, 0.3) is 5.91 Å². The molecule has 2 aromatic carbocycles. The number of para-hydroxylation sites is 1. The molecule has 0 radical (unpaired) electrons. The molecule has 0 spiro atoms. The number of carbonyl (C=O) groups is 3. The van der Waals surface area contributed by atoms with Crippen LogP contribution in [0.1, 0.15) is 92.7 Å². The molecule has 3 aromatic heterocycles. The van der Waals surface area contributed by atoms with Gasteiger partial charge < -0.3 is 20.2 Å². The number of fused-ring (bicyclic) bond motifs is 2. The number of imidazole rings is 1. The quantitative estimate of drug-likeness (QED) is 0.177. The largest absolute Gasteiger partial charge is 0.386 e. The Balaban J connectivity index is 0.882. The van der Waals surface area contributed by atoms with Gasteiger partial charge in [0.1, 0.15) is 6.04 Å². The molecule has 3 aliphatic rings. The molecule has 1 atom stereocenters. The van der Waals surface area contributed by atoms with Gasteiger partial charge in [-0.3, -0.25) is 33.5 Å². The average molecular weight is 768 g/mol. The number of rotatable bonds is 9. The van der Waals surface area contributed by atoms with Crippen LogP contribution in [0.5, 0.6) is 0 Å². The highest BCUT2D eigenvalue weighted by Crippen LogP contribution is 2.37. The summed E-state index contributed by atoms with van der Waals surface area (Å²) in [6.07, 6.45) is 10.5. The molecule has 2 saturated heterocycles. The van der Waals surface area contributed by atoms with E-state index in [1.165, 1.54) is 11.3 Å². The van der Waals surface area contributed by atoms with Crippen molar-refractivity contribution in [3.8, 4) is 0 Å². The highest BCUT2D eigenvalue weighted by molar-refractivity contribution is 7.11. The zero-order chi connectivity index (χ0) is 38.6. The highest BCUT2D eigenvalue weighted by atomic mass is 32.1. The van der Waals surface area contributed by atoms with Crippen LogP contribution < -0.4 is 21.2 Å². The fraction of sp³-hybridized carbons (Fsp3) is 0.500. The Hall–Kier alpha value is -4.86. The predicted molar refractivity (Wildman–Crippen MR) is 213 cm³/mol. The van der Waals surface area contributed by atoms with E-state index in [0.29, 0.717) is 40.7 Å². The highest BCUT2D eigenvalue weighted by Gasteiger charge is 2.33. The van der Waals surface area contributed by atoms with Gasteiger partial charge in [-0.1, -0.05) is 6.07 Å². The summed E-state index contributed by atoms with van der Waals surface area (Å²) in [5, 5.41) is 24.3. The van der Waals surface area contributed by atoms with Crippen LogP contribution in [-0.2, 0) is 22.2 Å². The normalized spacial score (nSPS) is 21.5. The Kier molecular flexibility index (Phi) is 9.88. The lowest BCUT2D eigenvalue weighted by Gasteiger charge is -2.40. The van der Waals surface area contributed by atoms with Crippen LogP contribution in [0.15, 0.2) is 52.9 Å². The molecule has 1 unspecified atom stereocenters. The van der Waals surface area contributed by atoms with Crippen LogP contribution in [0.4, 0.5) is 11.4 Å². The van der Waals surface area contributed by atoms with Crippen LogP contribution in [0.2, 0.25) is 0 Å². The lowest BCUT2D eigenvalue weighted by molar-refractivity contribution is -0.135. The van der Waals surface area contributed by atoms with Gasteiger partial charge in [0.2, 0.25) is 11.8 Å². The van der Waals surface area contributed by atoms with Crippen molar-refractivity contribution in [3.63, 3.8) is 0 Å². The molecule has 3 fully saturated rings. The van der Waals surface area contributed by atoms with E-state index in [-0.39, 0.29) is 23.9 Å². The van der Waals surface area contributed by atoms with Gasteiger partial charge in [-0.05, 0) is 96.0 Å². The summed E-state index contributed by atoms with van der Waals surface area (Å²) in [7, 11) is 4.01. The van der Waals surface area contributed by atoms with Gasteiger partial charge in [-0.15, -0.1) is 11.3 Å². The van der Waals surface area contributed by atoms with Gasteiger partial charge in [0, 0.05) is 73.6 Å². The number of thiazole rings is 1. The van der Waals surface area contributed by atoms with E-state index in [4.69, 9.17) is 5.10 Å². The molecule has 5 aromatic rings. The minimum Gasteiger partial charge on any atom is -0.386 e. The lowest BCUT2D eigenvalue weighted by Crippen LogP contribution is -2.45. The summed E-state index contributed by atoms with van der Waals surface area (Å²) in [6, 6.07) is 9.76. The molecule has 0 bridgehead atoms. The number of imide groups is 1. The maximum atomic E-state index is 13.5. The predicted octanol–water partition coefficient (Wildman–Crippen LogP) is 4.94. The number of hydrogen-bond acceptors (Lipinski definition) is 10. The van der Waals surface area contributed by atoms with Crippen molar-refractivity contribution in [2.75, 3.05) is 36.9 Å². The number of aryl methyl sites for hydroxylation is 1. The number of aromatic nitrogens is 5. The van der Waals surface area contributed by atoms with Gasteiger partial charge >= 0.3 is 5.69 Å². The number of amides is 3. The first kappa shape index (κ1) is 37.1. The van der Waals surface area contributed by atoms with E-state index >= 15 is 0 Å². The van der Waals surface area contributed by atoms with Crippen molar-refractivity contribution in [2.24, 2.45) is 13.0 Å². The molecule has 55 heavy (non-hydrogen) atoms. The van der Waals surface area contributed by atoms with Crippen molar-refractivity contribution in [3.05, 3.63) is 69.2 Å². The minimum atomic E-state index is -1.18. The second-order valence-electron chi connectivity index (χ2n) is 16.1. The van der Waals surface area contributed by atoms with E-state index in [1.54, 1.807) is 41.6 Å². The SMILES string of the molecule is CN(CC1CCC(n2cc3cc(NC(=O)c4nccs4)c(C(C)(C)O)cc3n2)CC1)C1CCN(c2cccc3c2n(C)c(=O)n3C2CCC(=O)NC2=O)CC1. The Morgan fingerprint density at radius 2 is 1.84 bits per heavy atom. The third kappa shape index (κ3) is 7.20. The van der Waals surface area contributed by atoms with Gasteiger partial charge in [-0.2, -0.15) is 5.10 Å². The summed E-state index contributed by atoms with van der Waals surface area (Å²) < 4.78 is 5.28. The number of aliphatic hydroxyl groups is 1. The third-order valence-electron chi connectivity index (χ3n) is 12.0. The number of anilines is 2. The van der Waals surface area contributed by atoms with Gasteiger partial charge in [0.15, 0.2) is 5.01 Å². The number of hydrogen-bond donors (Lipinski definition) is 3. The van der Waals surface area contributed by atoms with Crippen LogP contribution in [0.3, 0.4) is 0 Å². The van der Waals surface area contributed by atoms with Crippen molar-refractivity contribution >= 4 is 62.4 Å². The molecule has 1 saturated carbocycles. The number of benzene rings is 2. The van der Waals surface area contributed by atoms with E-state index in [2.05, 4.69) is 49.4 Å². The number of nitrogens with zero attached hydrogens (tertiary/aromatic N) is 7. The number of nitrogens with one attached hydrogen (secondary N) is 2. The molecule has 1 aliphatic carbocycles. The van der Waals surface area contributed by atoms with Crippen molar-refractivity contribution in [1.29, 1.82) is 0 Å². The molecule has 15 heteroatoms. The first-order chi connectivity index (χ1) is 26.4. The van der Waals surface area contributed by atoms with E-state index in [9.17, 15) is 24.3 Å². The Labute approximate surface area is 323 Å². The smallest absolute Gasteiger partial charge is 0.329 e. The minimum absolute atomic E-state index is 0.216. The van der Waals surface area contributed by atoms with E-state index in [1.807, 2.05) is 24.3 Å². The second kappa shape index (κ2) is 14.7. The molecule has 3 N–H and O–H groups in total. The molecule has 14 nitrogen and oxygen atoms in total. The van der Waals surface area contributed by atoms with Crippen LogP contribution in [-0.4, -0.2) is 84.4 Å². The molecular formula is C40H49N9O5S. The van der Waals surface area contributed by atoms with Gasteiger partial charge in [0.05, 0.1) is 33.9 Å². The summed E-state index contributed by atoms with van der Waals surface area (Å²) in [5.41, 5.74) is 3.08. The fourth-order valence-electron chi connectivity index (χ4n) is 9.00. The summed E-state index contributed by atoms with van der Waals surface area (Å²) >= 11 is 1.27. The molecule has 8 rings (SSSR count). The van der Waals surface area contributed by atoms with E-state index in [0.717, 1.165) is 85.8 Å². The zero-order valence-electron chi connectivity index (χ0n) is 31.8. The summed E-state index contributed by atoms with van der Waals surface area (Å²) in [6.45, 7) is 6.22. The molecule has 5 heterocycles. The van der Waals surface area contributed by atoms with Crippen LogP contribution >= 0.6 is 11.3 Å². The Morgan fingerprint density at radius 1 is 1.07 bits per heavy atom. The fourth-order valence-corrected chi connectivity index (χ4v) is 9.53. The summed E-state index contributed by atoms with van der Waals surface area (Å²) in [4.78, 5) is 59.8. The Bertz CT molecular complexity index is 2300. The molecule has 3 amide bonds. The van der Waals surface area contributed by atoms with Crippen LogP contribution in [0, 0.1) is 5.92 Å². The number of carbonyl (C=O) groups excluding carboxylic acids is 3. The second-order valence-corrected chi connectivity index (χ2v) is 17.0. The number of piperidine rings is 2. The Morgan fingerprint density at radius 3 is 2.53 bits per heavy atom. The first-order valence-electron chi connectivity index (χ1n) is 19.3. The summed E-state index contributed by atoms with van der Waals surface area (Å²) in [5.74, 6) is -0.412. The van der Waals surface area contributed by atoms with Gasteiger partial charge in [-0.25, -0.2) is 9.78 Å². The van der Waals surface area contributed by atoms with Crippen molar-refractivity contribution in [1.82, 2.24) is 34.1 Å². The van der Waals surface area contributed by atoms with Crippen molar-refractivity contribution < 1.29 is 19.5 Å².